The molecule has 0 fully saturated rings. The van der Waals surface area contributed by atoms with E-state index in [1.54, 1.807) is 23.5 Å². The van der Waals surface area contributed by atoms with E-state index in [2.05, 4.69) is 16.4 Å². The minimum atomic E-state index is -0.00761. The lowest BCUT2D eigenvalue weighted by atomic mass is 10.1. The number of benzene rings is 1. The van der Waals surface area contributed by atoms with Crippen LogP contribution < -0.4 is 5.32 Å². The second kappa shape index (κ2) is 6.06. The summed E-state index contributed by atoms with van der Waals surface area (Å²) in [6, 6.07) is 9.42. The van der Waals surface area contributed by atoms with Gasteiger partial charge in [0.2, 0.25) is 5.91 Å². The number of hydrogen-bond donors (Lipinski definition) is 1. The van der Waals surface area contributed by atoms with Crippen LogP contribution >= 0.6 is 11.3 Å². The van der Waals surface area contributed by atoms with E-state index in [-0.39, 0.29) is 5.91 Å². The van der Waals surface area contributed by atoms with Crippen molar-refractivity contribution in [1.29, 1.82) is 5.26 Å². The summed E-state index contributed by atoms with van der Waals surface area (Å²) < 4.78 is 0. The molecule has 1 aromatic carbocycles. The van der Waals surface area contributed by atoms with E-state index in [4.69, 9.17) is 5.26 Å². The molecular weight excluding hydrogens is 282 g/mol. The zero-order valence-corrected chi connectivity index (χ0v) is 12.4. The van der Waals surface area contributed by atoms with Crippen molar-refractivity contribution in [3.8, 4) is 6.07 Å². The number of rotatable bonds is 4. The third-order valence-electron chi connectivity index (χ3n) is 3.57. The number of carbonyl (C=O) groups excluding carboxylic acids is 1. The van der Waals surface area contributed by atoms with Crippen molar-refractivity contribution in [3.05, 3.63) is 46.0 Å². The van der Waals surface area contributed by atoms with Gasteiger partial charge in [0.15, 0.2) is 5.13 Å². The molecule has 1 aliphatic rings. The number of hydrogen-bond acceptors (Lipinski definition) is 4. The first-order valence-corrected chi connectivity index (χ1v) is 7.84. The molecular formula is C16H15N3OS. The summed E-state index contributed by atoms with van der Waals surface area (Å²) in [6.07, 6.45) is 4.40. The Balaban J connectivity index is 1.52. The van der Waals surface area contributed by atoms with Crippen LogP contribution in [-0.2, 0) is 24.1 Å². The van der Waals surface area contributed by atoms with Crippen molar-refractivity contribution in [3.63, 3.8) is 0 Å². The normalized spacial score (nSPS) is 12.7. The quantitative estimate of drug-likeness (QED) is 0.943. The molecule has 2 aromatic rings. The van der Waals surface area contributed by atoms with Gasteiger partial charge in [-0.2, -0.15) is 5.26 Å². The highest BCUT2D eigenvalue weighted by Crippen LogP contribution is 2.30. The molecule has 106 valence electrons. The van der Waals surface area contributed by atoms with Crippen LogP contribution in [0, 0.1) is 11.3 Å². The lowest BCUT2D eigenvalue weighted by Crippen LogP contribution is -2.12. The Kier molecular flexibility index (Phi) is 3.98. The lowest BCUT2D eigenvalue weighted by molar-refractivity contribution is -0.116. The van der Waals surface area contributed by atoms with Gasteiger partial charge in [-0.15, -0.1) is 11.3 Å². The predicted molar refractivity (Wildman–Crippen MR) is 82.2 cm³/mol. The largest absolute Gasteiger partial charge is 0.302 e. The van der Waals surface area contributed by atoms with E-state index >= 15 is 0 Å². The summed E-state index contributed by atoms with van der Waals surface area (Å²) in [5.41, 5.74) is 2.86. The van der Waals surface area contributed by atoms with Gasteiger partial charge in [0.25, 0.3) is 0 Å². The van der Waals surface area contributed by atoms with Gasteiger partial charge in [0.1, 0.15) is 0 Å². The highest BCUT2D eigenvalue weighted by atomic mass is 32.1. The van der Waals surface area contributed by atoms with E-state index in [1.807, 2.05) is 12.1 Å². The molecule has 0 bridgehead atoms. The van der Waals surface area contributed by atoms with Crippen LogP contribution in [0.5, 0.6) is 0 Å². The van der Waals surface area contributed by atoms with Crippen molar-refractivity contribution in [2.45, 2.75) is 32.1 Å². The van der Waals surface area contributed by atoms with Crippen LogP contribution in [0.1, 0.15) is 34.5 Å². The summed E-state index contributed by atoms with van der Waals surface area (Å²) in [4.78, 5) is 17.7. The van der Waals surface area contributed by atoms with E-state index in [0.717, 1.165) is 29.2 Å². The first kappa shape index (κ1) is 13.8. The summed E-state index contributed by atoms with van der Waals surface area (Å²) in [5.74, 6) is -0.00761. The molecule has 1 aliphatic carbocycles. The molecule has 0 radical (unpaired) electrons. The van der Waals surface area contributed by atoms with Gasteiger partial charge in [-0.05, 0) is 43.4 Å². The minimum Gasteiger partial charge on any atom is -0.302 e. The van der Waals surface area contributed by atoms with Crippen LogP contribution in [-0.4, -0.2) is 10.9 Å². The fourth-order valence-electron chi connectivity index (χ4n) is 2.43. The standard InChI is InChI=1S/C16H15N3OS/c17-10-12-6-4-11(5-7-12)8-9-15(20)19-16-18-13-2-1-3-14(13)21-16/h4-7H,1-3,8-9H2,(H,18,19,20). The molecule has 1 N–H and O–H groups in total. The average Bonchev–Trinajstić information content (AvgIpc) is 3.07. The van der Waals surface area contributed by atoms with Crippen LogP contribution in [0.15, 0.2) is 24.3 Å². The van der Waals surface area contributed by atoms with Gasteiger partial charge < -0.3 is 5.32 Å². The molecule has 1 amide bonds. The Morgan fingerprint density at radius 3 is 2.86 bits per heavy atom. The summed E-state index contributed by atoms with van der Waals surface area (Å²) in [6.45, 7) is 0. The SMILES string of the molecule is N#Cc1ccc(CCC(=O)Nc2nc3c(s2)CCC3)cc1. The number of aromatic nitrogens is 1. The number of carbonyl (C=O) groups is 1. The van der Waals surface area contributed by atoms with Crippen molar-refractivity contribution < 1.29 is 4.79 Å². The Bertz CT molecular complexity index is 676. The molecule has 21 heavy (non-hydrogen) atoms. The number of nitrogens with zero attached hydrogens (tertiary/aromatic N) is 2. The molecule has 0 unspecified atom stereocenters. The first-order chi connectivity index (χ1) is 10.2. The van der Waals surface area contributed by atoms with Crippen LogP contribution in [0.4, 0.5) is 5.13 Å². The molecule has 0 atom stereocenters. The Hall–Kier alpha value is -2.19. The minimum absolute atomic E-state index is 0.00761. The first-order valence-electron chi connectivity index (χ1n) is 7.02. The maximum Gasteiger partial charge on any atom is 0.226 e. The average molecular weight is 297 g/mol. The molecule has 3 rings (SSSR count). The van der Waals surface area contributed by atoms with E-state index in [0.29, 0.717) is 18.4 Å². The fraction of sp³-hybridized carbons (Fsp3) is 0.312. The second-order valence-corrected chi connectivity index (χ2v) is 6.18. The summed E-state index contributed by atoms with van der Waals surface area (Å²) in [5, 5.41) is 12.3. The smallest absolute Gasteiger partial charge is 0.226 e. The zero-order valence-electron chi connectivity index (χ0n) is 11.6. The number of fused-ring (bicyclic) bond motifs is 1. The van der Waals surface area contributed by atoms with E-state index in [1.165, 1.54) is 11.3 Å². The molecule has 1 heterocycles. The number of amides is 1. The van der Waals surface area contributed by atoms with Crippen molar-refractivity contribution in [1.82, 2.24) is 4.98 Å². The highest BCUT2D eigenvalue weighted by Gasteiger charge is 2.17. The van der Waals surface area contributed by atoms with Gasteiger partial charge in [0, 0.05) is 11.3 Å². The molecule has 1 aromatic heterocycles. The number of nitriles is 1. The van der Waals surface area contributed by atoms with Gasteiger partial charge in [-0.25, -0.2) is 4.98 Å². The molecule has 0 saturated carbocycles. The molecule has 4 nitrogen and oxygen atoms in total. The van der Waals surface area contributed by atoms with Gasteiger partial charge in [0.05, 0.1) is 17.3 Å². The number of aryl methyl sites for hydroxylation is 3. The van der Waals surface area contributed by atoms with Crippen LogP contribution in [0.25, 0.3) is 0 Å². The van der Waals surface area contributed by atoms with Crippen LogP contribution in [0.2, 0.25) is 0 Å². The lowest BCUT2D eigenvalue weighted by Gasteiger charge is -2.02. The maximum atomic E-state index is 11.9. The predicted octanol–water partition coefficient (Wildman–Crippen LogP) is 3.07. The highest BCUT2D eigenvalue weighted by molar-refractivity contribution is 7.15. The number of anilines is 1. The van der Waals surface area contributed by atoms with E-state index < -0.39 is 0 Å². The number of nitrogens with one attached hydrogen (secondary N) is 1. The topological polar surface area (TPSA) is 65.8 Å². The summed E-state index contributed by atoms with van der Waals surface area (Å²) >= 11 is 1.60. The Morgan fingerprint density at radius 2 is 2.14 bits per heavy atom. The van der Waals surface area contributed by atoms with Crippen LogP contribution in [0.3, 0.4) is 0 Å². The third kappa shape index (κ3) is 3.29. The Morgan fingerprint density at radius 1 is 1.33 bits per heavy atom. The molecule has 0 spiro atoms. The summed E-state index contributed by atoms with van der Waals surface area (Å²) in [7, 11) is 0. The third-order valence-corrected chi connectivity index (χ3v) is 4.64. The van der Waals surface area contributed by atoms with Crippen molar-refractivity contribution in [2.24, 2.45) is 0 Å². The maximum absolute atomic E-state index is 11.9. The molecule has 0 aliphatic heterocycles. The number of thiazole rings is 1. The second-order valence-electron chi connectivity index (χ2n) is 5.10. The van der Waals surface area contributed by atoms with Crippen molar-refractivity contribution in [2.75, 3.05) is 5.32 Å². The van der Waals surface area contributed by atoms with Gasteiger partial charge in [-0.3, -0.25) is 4.79 Å². The van der Waals surface area contributed by atoms with Gasteiger partial charge >= 0.3 is 0 Å². The monoisotopic (exact) mass is 297 g/mol. The Labute approximate surface area is 127 Å². The van der Waals surface area contributed by atoms with E-state index in [9.17, 15) is 4.79 Å². The molecule has 5 heteroatoms. The van der Waals surface area contributed by atoms with Gasteiger partial charge in [-0.1, -0.05) is 12.1 Å². The van der Waals surface area contributed by atoms with Crippen molar-refractivity contribution >= 4 is 22.4 Å². The zero-order chi connectivity index (χ0) is 14.7. The fourth-order valence-corrected chi connectivity index (χ4v) is 3.50. The molecule has 0 saturated heterocycles.